The van der Waals surface area contributed by atoms with Crippen LogP contribution in [0.2, 0.25) is 0 Å². The van der Waals surface area contributed by atoms with Gasteiger partial charge in [0.05, 0.1) is 16.7 Å². The summed E-state index contributed by atoms with van der Waals surface area (Å²) in [6.45, 7) is 11.2. The number of fused-ring (bicyclic) bond motifs is 1. The van der Waals surface area contributed by atoms with E-state index >= 15 is 0 Å². The summed E-state index contributed by atoms with van der Waals surface area (Å²) in [5.41, 5.74) is 3.46. The zero-order chi connectivity index (χ0) is 31.1. The molecule has 0 unspecified atom stereocenters. The number of rotatable bonds is 13. The molecule has 44 heavy (non-hydrogen) atoms. The van der Waals surface area contributed by atoms with E-state index in [1.165, 1.54) is 4.88 Å². The van der Waals surface area contributed by atoms with Crippen molar-refractivity contribution in [2.45, 2.75) is 90.9 Å². The Hall–Kier alpha value is -3.56. The van der Waals surface area contributed by atoms with Gasteiger partial charge in [0.1, 0.15) is 11.9 Å². The molecular formula is C35H46N6O2S. The maximum Gasteiger partial charge on any atom is 0.252 e. The second kappa shape index (κ2) is 14.9. The molecule has 2 N–H and O–H groups in total. The van der Waals surface area contributed by atoms with Crippen LogP contribution in [0, 0.1) is 5.92 Å². The lowest BCUT2D eigenvalue weighted by Crippen LogP contribution is -2.52. The van der Waals surface area contributed by atoms with Gasteiger partial charge in [0.25, 0.3) is 5.91 Å². The first-order chi connectivity index (χ1) is 21.3. The second-order valence-corrected chi connectivity index (χ2v) is 13.4. The quantitative estimate of drug-likeness (QED) is 0.183. The molecule has 0 aliphatic carbocycles. The number of nitrogens with zero attached hydrogens (tertiary/aromatic N) is 4. The summed E-state index contributed by atoms with van der Waals surface area (Å²) in [6, 6.07) is 15.8. The minimum Gasteiger partial charge on any atom is -0.351 e. The molecule has 4 aromatic rings. The SMILES string of the molecule is CCC(CC)n1c(Cc2cccs2)nc2cc(C(=O)N[C@@H](CC(C)C)C(=O)NC3CCN(Cc4ccccn4)CC3)ccc21. The molecule has 234 valence electrons. The van der Waals surface area contributed by atoms with Gasteiger partial charge in [0.2, 0.25) is 5.91 Å². The number of hydrogen-bond acceptors (Lipinski definition) is 6. The number of amides is 2. The van der Waals surface area contributed by atoms with Gasteiger partial charge in [-0.1, -0.05) is 39.8 Å². The van der Waals surface area contributed by atoms with Gasteiger partial charge >= 0.3 is 0 Å². The number of carbonyl (C=O) groups excluding carboxylic acids is 2. The lowest BCUT2D eigenvalue weighted by Gasteiger charge is -2.33. The zero-order valence-electron chi connectivity index (χ0n) is 26.5. The van der Waals surface area contributed by atoms with E-state index in [1.54, 1.807) is 11.3 Å². The van der Waals surface area contributed by atoms with E-state index in [9.17, 15) is 9.59 Å². The van der Waals surface area contributed by atoms with Crippen LogP contribution in [0.1, 0.15) is 92.6 Å². The maximum absolute atomic E-state index is 13.6. The number of carbonyl (C=O) groups is 2. The van der Waals surface area contributed by atoms with Crippen LogP contribution in [0.3, 0.4) is 0 Å². The molecule has 0 saturated carbocycles. The highest BCUT2D eigenvalue weighted by molar-refractivity contribution is 7.09. The van der Waals surface area contributed by atoms with Crippen molar-refractivity contribution >= 4 is 34.2 Å². The Labute approximate surface area is 265 Å². The van der Waals surface area contributed by atoms with Crippen molar-refractivity contribution in [2.24, 2.45) is 5.92 Å². The fraction of sp³-hybridized carbons (Fsp3) is 0.486. The Morgan fingerprint density at radius 2 is 1.84 bits per heavy atom. The number of nitrogens with one attached hydrogen (secondary N) is 2. The molecule has 1 fully saturated rings. The lowest BCUT2D eigenvalue weighted by atomic mass is 10.00. The van der Waals surface area contributed by atoms with Crippen LogP contribution in [-0.2, 0) is 17.8 Å². The molecule has 1 atom stereocenters. The first kappa shape index (κ1) is 31.9. The van der Waals surface area contributed by atoms with Crippen molar-refractivity contribution in [3.05, 3.63) is 82.1 Å². The van der Waals surface area contributed by atoms with Crippen LogP contribution in [0.5, 0.6) is 0 Å². The van der Waals surface area contributed by atoms with Gasteiger partial charge in [-0.15, -0.1) is 11.3 Å². The summed E-state index contributed by atoms with van der Waals surface area (Å²) in [4.78, 5) is 40.1. The molecule has 4 heterocycles. The number of thiophene rings is 1. The molecule has 0 bridgehead atoms. The standard InChI is InChI=1S/C35H46N6O2S/c1-5-28(6-2)41-32-13-12-25(21-30(32)38-33(41)22-29-11-9-19-44-29)34(42)39-31(20-24(3)4)35(43)37-26-14-17-40(18-15-26)23-27-10-7-8-16-36-27/h7-13,16,19,21,24,26,28,31H,5-6,14-15,17-18,20,22-23H2,1-4H3,(H,37,43)(H,39,42)/t31-/m0/s1. The van der Waals surface area contributed by atoms with Gasteiger partial charge in [-0.3, -0.25) is 19.5 Å². The average molecular weight is 615 g/mol. The first-order valence-electron chi connectivity index (χ1n) is 16.1. The van der Waals surface area contributed by atoms with Crippen molar-refractivity contribution in [1.29, 1.82) is 0 Å². The van der Waals surface area contributed by atoms with Crippen molar-refractivity contribution in [3.8, 4) is 0 Å². The summed E-state index contributed by atoms with van der Waals surface area (Å²) >= 11 is 1.74. The smallest absolute Gasteiger partial charge is 0.252 e. The molecule has 9 heteroatoms. The fourth-order valence-electron chi connectivity index (χ4n) is 6.25. The highest BCUT2D eigenvalue weighted by Crippen LogP contribution is 2.28. The molecule has 3 aromatic heterocycles. The van der Waals surface area contributed by atoms with Crippen LogP contribution in [-0.4, -0.2) is 56.4 Å². The fourth-order valence-corrected chi connectivity index (χ4v) is 6.95. The first-order valence-corrected chi connectivity index (χ1v) is 17.0. The van der Waals surface area contributed by atoms with Crippen LogP contribution in [0.15, 0.2) is 60.1 Å². The molecule has 5 rings (SSSR count). The average Bonchev–Trinajstić information content (AvgIpc) is 3.66. The largest absolute Gasteiger partial charge is 0.351 e. The number of piperidine rings is 1. The summed E-state index contributed by atoms with van der Waals surface area (Å²) in [7, 11) is 0. The number of aromatic nitrogens is 3. The third kappa shape index (κ3) is 7.93. The minimum absolute atomic E-state index is 0.0983. The van der Waals surface area contributed by atoms with Gasteiger partial charge in [-0.2, -0.15) is 0 Å². The Balaban J connectivity index is 1.26. The molecule has 0 spiro atoms. The summed E-state index contributed by atoms with van der Waals surface area (Å²) in [5, 5.41) is 8.40. The summed E-state index contributed by atoms with van der Waals surface area (Å²) in [6.07, 6.45) is 6.95. The molecule has 1 aliphatic rings. The third-order valence-corrected chi connectivity index (χ3v) is 9.50. The Bertz CT molecular complexity index is 1510. The van der Waals surface area contributed by atoms with E-state index in [4.69, 9.17) is 4.98 Å². The van der Waals surface area contributed by atoms with Crippen molar-refractivity contribution in [3.63, 3.8) is 0 Å². The van der Waals surface area contributed by atoms with Crippen molar-refractivity contribution in [1.82, 2.24) is 30.1 Å². The van der Waals surface area contributed by atoms with E-state index in [0.717, 1.165) is 74.3 Å². The van der Waals surface area contributed by atoms with E-state index in [1.807, 2.05) is 42.6 Å². The predicted octanol–water partition coefficient (Wildman–Crippen LogP) is 6.37. The molecule has 8 nitrogen and oxygen atoms in total. The number of pyridine rings is 1. The molecule has 1 saturated heterocycles. The highest BCUT2D eigenvalue weighted by atomic mass is 32.1. The number of hydrogen-bond donors (Lipinski definition) is 2. The monoisotopic (exact) mass is 614 g/mol. The molecule has 1 aromatic carbocycles. The van der Waals surface area contributed by atoms with Crippen LogP contribution in [0.25, 0.3) is 11.0 Å². The minimum atomic E-state index is -0.596. The van der Waals surface area contributed by atoms with Gasteiger partial charge in [-0.05, 0) is 79.8 Å². The predicted molar refractivity (Wildman–Crippen MR) is 178 cm³/mol. The second-order valence-electron chi connectivity index (χ2n) is 12.4. The number of imidazole rings is 1. The molecule has 1 aliphatic heterocycles. The van der Waals surface area contributed by atoms with Crippen LogP contribution >= 0.6 is 11.3 Å². The number of likely N-dealkylation sites (tertiary alicyclic amines) is 1. The highest BCUT2D eigenvalue weighted by Gasteiger charge is 2.27. The molecule has 2 amide bonds. The van der Waals surface area contributed by atoms with E-state index < -0.39 is 6.04 Å². The Kier molecular flexibility index (Phi) is 10.8. The van der Waals surface area contributed by atoms with Gasteiger partial charge in [-0.25, -0.2) is 4.98 Å². The Morgan fingerprint density at radius 3 is 2.50 bits per heavy atom. The van der Waals surface area contributed by atoms with Crippen LogP contribution in [0.4, 0.5) is 0 Å². The molecule has 0 radical (unpaired) electrons. The van der Waals surface area contributed by atoms with Crippen molar-refractivity contribution in [2.75, 3.05) is 13.1 Å². The van der Waals surface area contributed by atoms with Gasteiger partial charge in [0.15, 0.2) is 0 Å². The van der Waals surface area contributed by atoms with E-state index in [-0.39, 0.29) is 23.8 Å². The normalized spacial score (nSPS) is 15.2. The topological polar surface area (TPSA) is 92.1 Å². The van der Waals surface area contributed by atoms with Crippen LogP contribution < -0.4 is 10.6 Å². The summed E-state index contributed by atoms with van der Waals surface area (Å²) in [5.74, 6) is 0.934. The summed E-state index contributed by atoms with van der Waals surface area (Å²) < 4.78 is 2.35. The zero-order valence-corrected chi connectivity index (χ0v) is 27.3. The Morgan fingerprint density at radius 1 is 1.05 bits per heavy atom. The third-order valence-electron chi connectivity index (χ3n) is 8.62. The van der Waals surface area contributed by atoms with E-state index in [0.29, 0.717) is 18.0 Å². The lowest BCUT2D eigenvalue weighted by molar-refractivity contribution is -0.124. The van der Waals surface area contributed by atoms with Gasteiger partial charge < -0.3 is 15.2 Å². The molecular weight excluding hydrogens is 568 g/mol. The van der Waals surface area contributed by atoms with Gasteiger partial charge in [0, 0.05) is 54.8 Å². The van der Waals surface area contributed by atoms with E-state index in [2.05, 4.69) is 70.3 Å². The maximum atomic E-state index is 13.6. The van der Waals surface area contributed by atoms with Crippen molar-refractivity contribution < 1.29 is 9.59 Å². The number of benzene rings is 1.